The summed E-state index contributed by atoms with van der Waals surface area (Å²) in [5, 5.41) is 0. The Bertz CT molecular complexity index is 367. The largest absolute Gasteiger partial charge is 0.0622 e. The molecule has 0 nitrogen and oxygen atoms in total. The van der Waals surface area contributed by atoms with Crippen LogP contribution in [0, 0.1) is 17.3 Å². The van der Waals surface area contributed by atoms with Crippen molar-refractivity contribution in [3.63, 3.8) is 0 Å². The van der Waals surface area contributed by atoms with Crippen molar-refractivity contribution in [2.24, 2.45) is 17.3 Å². The van der Waals surface area contributed by atoms with E-state index in [0.717, 1.165) is 17.3 Å². The highest BCUT2D eigenvalue weighted by Gasteiger charge is 2.52. The lowest BCUT2D eigenvalue weighted by Gasteiger charge is -2.26. The molecular weight excluding hydrogens is 204 g/mol. The van der Waals surface area contributed by atoms with Crippen LogP contribution in [0.4, 0.5) is 0 Å². The van der Waals surface area contributed by atoms with E-state index in [9.17, 15) is 0 Å². The molecule has 17 heavy (non-hydrogen) atoms. The van der Waals surface area contributed by atoms with Crippen LogP contribution in [0.3, 0.4) is 0 Å². The highest BCUT2D eigenvalue weighted by atomic mass is 14.6. The zero-order chi connectivity index (χ0) is 11.7. The van der Waals surface area contributed by atoms with Crippen LogP contribution in [0.1, 0.15) is 51.0 Å². The van der Waals surface area contributed by atoms with E-state index < -0.39 is 0 Å². The fourth-order valence-corrected chi connectivity index (χ4v) is 3.89. The minimum atomic E-state index is 0.773. The molecule has 0 bridgehead atoms. The summed E-state index contributed by atoms with van der Waals surface area (Å²) in [6.07, 6.45) is 10.2. The molecule has 3 unspecified atom stereocenters. The Balaban J connectivity index is 1.43. The van der Waals surface area contributed by atoms with Crippen LogP contribution in [0.15, 0.2) is 30.3 Å². The second-order valence-corrected chi connectivity index (χ2v) is 6.58. The molecule has 2 aliphatic carbocycles. The van der Waals surface area contributed by atoms with Gasteiger partial charge in [-0.15, -0.1) is 0 Å². The molecule has 1 aromatic rings. The van der Waals surface area contributed by atoms with Crippen molar-refractivity contribution in [2.75, 3.05) is 0 Å². The van der Waals surface area contributed by atoms with E-state index in [2.05, 4.69) is 37.3 Å². The Labute approximate surface area is 105 Å². The highest BCUT2D eigenvalue weighted by Crippen LogP contribution is 2.62. The molecule has 1 aromatic carbocycles. The fourth-order valence-electron chi connectivity index (χ4n) is 3.89. The van der Waals surface area contributed by atoms with E-state index in [1.807, 2.05) is 0 Å². The molecule has 0 aliphatic heterocycles. The third kappa shape index (κ3) is 2.56. The lowest BCUT2D eigenvalue weighted by Crippen LogP contribution is -2.15. The van der Waals surface area contributed by atoms with Crippen molar-refractivity contribution in [1.82, 2.24) is 0 Å². The average molecular weight is 228 g/mol. The maximum absolute atomic E-state index is 2.51. The van der Waals surface area contributed by atoms with Crippen LogP contribution in [-0.2, 0) is 6.42 Å². The SMILES string of the molecule is CC12CC(CCCc3ccccc3)CCC1C2. The fraction of sp³-hybridized carbons (Fsp3) is 0.647. The molecule has 0 aromatic heterocycles. The summed E-state index contributed by atoms with van der Waals surface area (Å²) in [6.45, 7) is 2.51. The maximum atomic E-state index is 2.51. The Kier molecular flexibility index (Phi) is 2.98. The van der Waals surface area contributed by atoms with Gasteiger partial charge in [0.25, 0.3) is 0 Å². The van der Waals surface area contributed by atoms with Crippen LogP contribution in [0.2, 0.25) is 0 Å². The monoisotopic (exact) mass is 228 g/mol. The van der Waals surface area contributed by atoms with Crippen molar-refractivity contribution >= 4 is 0 Å². The maximum Gasteiger partial charge on any atom is -0.0279 e. The molecule has 0 heteroatoms. The summed E-state index contributed by atoms with van der Waals surface area (Å²) in [7, 11) is 0. The average Bonchev–Trinajstić information content (AvgIpc) is 3.01. The van der Waals surface area contributed by atoms with Crippen molar-refractivity contribution < 1.29 is 0 Å². The zero-order valence-electron chi connectivity index (χ0n) is 11.0. The summed E-state index contributed by atoms with van der Waals surface area (Å²) in [5.74, 6) is 2.13. The minimum Gasteiger partial charge on any atom is -0.0622 e. The number of rotatable bonds is 4. The standard InChI is InChI=1S/C17H24/c1-17-12-15(10-11-16(17)13-17)9-5-8-14-6-3-2-4-7-14/h2-4,6-7,15-16H,5,8-13H2,1H3. The molecule has 0 radical (unpaired) electrons. The Morgan fingerprint density at radius 3 is 2.71 bits per heavy atom. The number of aryl methyl sites for hydroxylation is 1. The van der Waals surface area contributed by atoms with Crippen LogP contribution in [-0.4, -0.2) is 0 Å². The number of hydrogen-bond acceptors (Lipinski definition) is 0. The molecule has 0 amide bonds. The van der Waals surface area contributed by atoms with E-state index in [-0.39, 0.29) is 0 Å². The first-order valence-corrected chi connectivity index (χ1v) is 7.30. The summed E-state index contributed by atoms with van der Waals surface area (Å²) >= 11 is 0. The molecule has 0 heterocycles. The molecule has 0 N–H and O–H groups in total. The van der Waals surface area contributed by atoms with Gasteiger partial charge in [0.05, 0.1) is 0 Å². The van der Waals surface area contributed by atoms with Crippen molar-refractivity contribution in [1.29, 1.82) is 0 Å². The molecule has 0 saturated heterocycles. The number of hydrogen-bond donors (Lipinski definition) is 0. The molecule has 92 valence electrons. The zero-order valence-corrected chi connectivity index (χ0v) is 11.0. The first-order chi connectivity index (χ1) is 8.26. The number of fused-ring (bicyclic) bond motifs is 1. The molecule has 3 atom stereocenters. The van der Waals surface area contributed by atoms with Gasteiger partial charge in [0.1, 0.15) is 0 Å². The van der Waals surface area contributed by atoms with Gasteiger partial charge in [0.15, 0.2) is 0 Å². The van der Waals surface area contributed by atoms with Gasteiger partial charge < -0.3 is 0 Å². The smallest absolute Gasteiger partial charge is 0.0279 e. The molecule has 2 saturated carbocycles. The lowest BCUT2D eigenvalue weighted by atomic mass is 9.79. The number of benzene rings is 1. The van der Waals surface area contributed by atoms with Gasteiger partial charge in [-0.05, 0) is 54.9 Å². The third-order valence-corrected chi connectivity index (χ3v) is 5.14. The molecule has 2 fully saturated rings. The van der Waals surface area contributed by atoms with Crippen LogP contribution in [0.25, 0.3) is 0 Å². The van der Waals surface area contributed by atoms with Gasteiger partial charge in [-0.3, -0.25) is 0 Å². The van der Waals surface area contributed by atoms with E-state index in [4.69, 9.17) is 0 Å². The summed E-state index contributed by atoms with van der Waals surface area (Å²) < 4.78 is 0. The van der Waals surface area contributed by atoms with E-state index >= 15 is 0 Å². The summed E-state index contributed by atoms with van der Waals surface area (Å²) in [5.41, 5.74) is 2.29. The van der Waals surface area contributed by atoms with Crippen molar-refractivity contribution in [3.8, 4) is 0 Å². The van der Waals surface area contributed by atoms with Crippen molar-refractivity contribution in [2.45, 2.75) is 51.9 Å². The van der Waals surface area contributed by atoms with Crippen LogP contribution >= 0.6 is 0 Å². The van der Waals surface area contributed by atoms with Gasteiger partial charge in [-0.1, -0.05) is 50.1 Å². The summed E-state index contributed by atoms with van der Waals surface area (Å²) in [4.78, 5) is 0. The quantitative estimate of drug-likeness (QED) is 0.692. The highest BCUT2D eigenvalue weighted by molar-refractivity contribution is 5.14. The Morgan fingerprint density at radius 2 is 1.94 bits per heavy atom. The third-order valence-electron chi connectivity index (χ3n) is 5.14. The molecule has 3 rings (SSSR count). The lowest BCUT2D eigenvalue weighted by molar-refractivity contribution is 0.253. The predicted molar refractivity (Wildman–Crippen MR) is 72.9 cm³/mol. The first kappa shape index (κ1) is 11.3. The van der Waals surface area contributed by atoms with E-state index in [1.165, 1.54) is 50.5 Å². The van der Waals surface area contributed by atoms with Gasteiger partial charge in [-0.25, -0.2) is 0 Å². The van der Waals surface area contributed by atoms with Crippen LogP contribution in [0.5, 0.6) is 0 Å². The summed E-state index contributed by atoms with van der Waals surface area (Å²) in [6, 6.07) is 11.0. The normalized spacial score (nSPS) is 35.4. The van der Waals surface area contributed by atoms with Gasteiger partial charge in [0, 0.05) is 0 Å². The Morgan fingerprint density at radius 1 is 1.12 bits per heavy atom. The second kappa shape index (κ2) is 4.48. The molecule has 2 aliphatic rings. The molecule has 0 spiro atoms. The van der Waals surface area contributed by atoms with Gasteiger partial charge >= 0.3 is 0 Å². The Hall–Kier alpha value is -0.780. The van der Waals surface area contributed by atoms with Crippen molar-refractivity contribution in [3.05, 3.63) is 35.9 Å². The topological polar surface area (TPSA) is 0 Å². The van der Waals surface area contributed by atoms with Crippen LogP contribution < -0.4 is 0 Å². The minimum absolute atomic E-state index is 0.773. The first-order valence-electron chi connectivity index (χ1n) is 7.30. The van der Waals surface area contributed by atoms with Gasteiger partial charge in [0.2, 0.25) is 0 Å². The predicted octanol–water partition coefficient (Wildman–Crippen LogP) is 4.84. The van der Waals surface area contributed by atoms with E-state index in [1.54, 1.807) is 0 Å². The van der Waals surface area contributed by atoms with Gasteiger partial charge in [-0.2, -0.15) is 0 Å². The second-order valence-electron chi connectivity index (χ2n) is 6.58. The molecular formula is C17H24. The van der Waals surface area contributed by atoms with E-state index in [0.29, 0.717) is 0 Å².